The first kappa shape index (κ1) is 23.8. The molecule has 0 radical (unpaired) electrons. The summed E-state index contributed by atoms with van der Waals surface area (Å²) in [5, 5.41) is 2.68. The van der Waals surface area contributed by atoms with E-state index in [0.717, 1.165) is 22.6 Å². The van der Waals surface area contributed by atoms with Crippen LogP contribution >= 0.6 is 11.6 Å². The summed E-state index contributed by atoms with van der Waals surface area (Å²) < 4.78 is 5.48. The van der Waals surface area contributed by atoms with E-state index >= 15 is 0 Å². The van der Waals surface area contributed by atoms with Crippen LogP contribution in [0.1, 0.15) is 51.2 Å². The Morgan fingerprint density at radius 2 is 1.94 bits per heavy atom. The third kappa shape index (κ3) is 4.16. The van der Waals surface area contributed by atoms with Gasteiger partial charge in [-0.05, 0) is 74.6 Å². The number of carbonyl (C=O) groups is 3. The summed E-state index contributed by atoms with van der Waals surface area (Å²) in [5.74, 6) is -0.692. The standard InChI is InChI=1S/C26H28ClN3O4/c1-6-34-18-9-7-8-17(12-18)30-24(32)20(23(31)28-25(30)33)11-16-10-19-15(2)14-26(3,4)29(5)22(19)13-21(16)27/h7-13,15H,6,14H2,1-5H3,(H,28,31,33)/b20-11+/t15-/m0/s1. The molecule has 178 valence electrons. The second kappa shape index (κ2) is 8.80. The zero-order valence-corrected chi connectivity index (χ0v) is 20.7. The predicted molar refractivity (Wildman–Crippen MR) is 134 cm³/mol. The minimum absolute atomic E-state index is 0.0220. The summed E-state index contributed by atoms with van der Waals surface area (Å²) in [7, 11) is 2.04. The number of fused-ring (bicyclic) bond motifs is 1. The summed E-state index contributed by atoms with van der Waals surface area (Å²) in [6.07, 6.45) is 2.41. The summed E-state index contributed by atoms with van der Waals surface area (Å²) in [6.45, 7) is 8.81. The van der Waals surface area contributed by atoms with Gasteiger partial charge in [-0.3, -0.25) is 14.9 Å². The molecule has 2 aliphatic rings. The average Bonchev–Trinajstić information content (AvgIpc) is 2.76. The summed E-state index contributed by atoms with van der Waals surface area (Å²) in [6, 6.07) is 9.60. The number of amides is 4. The Labute approximate surface area is 204 Å². The van der Waals surface area contributed by atoms with Crippen molar-refractivity contribution in [3.63, 3.8) is 0 Å². The Balaban J connectivity index is 1.75. The molecule has 2 aromatic carbocycles. The van der Waals surface area contributed by atoms with Gasteiger partial charge in [-0.2, -0.15) is 0 Å². The first-order chi connectivity index (χ1) is 16.0. The number of barbiturate groups is 1. The van der Waals surface area contributed by atoms with Crippen molar-refractivity contribution in [2.24, 2.45) is 0 Å². The first-order valence-corrected chi connectivity index (χ1v) is 11.6. The summed E-state index contributed by atoms with van der Waals surface area (Å²) >= 11 is 6.61. The smallest absolute Gasteiger partial charge is 0.335 e. The molecule has 2 aliphatic heterocycles. The lowest BCUT2D eigenvalue weighted by Crippen LogP contribution is -2.54. The molecule has 2 heterocycles. The molecule has 8 heteroatoms. The Morgan fingerprint density at radius 3 is 2.65 bits per heavy atom. The first-order valence-electron chi connectivity index (χ1n) is 11.2. The number of imide groups is 2. The molecule has 4 rings (SSSR count). The van der Waals surface area contributed by atoms with E-state index < -0.39 is 17.8 Å². The highest BCUT2D eigenvalue weighted by molar-refractivity contribution is 6.40. The number of nitrogens with one attached hydrogen (secondary N) is 1. The Bertz CT molecular complexity index is 1220. The van der Waals surface area contributed by atoms with Crippen molar-refractivity contribution < 1.29 is 19.1 Å². The van der Waals surface area contributed by atoms with E-state index in [1.54, 1.807) is 24.3 Å². The molecular weight excluding hydrogens is 454 g/mol. The van der Waals surface area contributed by atoms with Gasteiger partial charge in [0.15, 0.2) is 0 Å². The molecule has 0 unspecified atom stereocenters. The largest absolute Gasteiger partial charge is 0.494 e. The Hall–Kier alpha value is -3.32. The van der Waals surface area contributed by atoms with Crippen LogP contribution in [-0.4, -0.2) is 37.0 Å². The number of halogens is 1. The van der Waals surface area contributed by atoms with E-state index in [4.69, 9.17) is 16.3 Å². The highest BCUT2D eigenvalue weighted by atomic mass is 35.5. The fraction of sp³-hybridized carbons (Fsp3) is 0.346. The van der Waals surface area contributed by atoms with Gasteiger partial charge in [0.1, 0.15) is 11.3 Å². The number of ether oxygens (including phenoxy) is 1. The van der Waals surface area contributed by atoms with Gasteiger partial charge >= 0.3 is 6.03 Å². The Kier molecular flexibility index (Phi) is 6.16. The van der Waals surface area contributed by atoms with Crippen LogP contribution in [0.2, 0.25) is 5.02 Å². The number of nitrogens with zero attached hydrogens (tertiary/aromatic N) is 2. The molecular formula is C26H28ClN3O4. The minimum atomic E-state index is -0.810. The van der Waals surface area contributed by atoms with E-state index in [-0.39, 0.29) is 17.0 Å². The van der Waals surface area contributed by atoms with Gasteiger partial charge in [0.05, 0.1) is 12.3 Å². The van der Waals surface area contributed by atoms with Crippen LogP contribution in [0.4, 0.5) is 16.2 Å². The molecule has 34 heavy (non-hydrogen) atoms. The summed E-state index contributed by atoms with van der Waals surface area (Å²) in [5.41, 5.74) is 2.79. The van der Waals surface area contributed by atoms with Gasteiger partial charge in [0, 0.05) is 29.4 Å². The molecule has 4 amide bonds. The lowest BCUT2D eigenvalue weighted by Gasteiger charge is -2.45. The number of urea groups is 1. The lowest BCUT2D eigenvalue weighted by molar-refractivity contribution is -0.122. The second-order valence-electron chi connectivity index (χ2n) is 9.30. The van der Waals surface area contributed by atoms with Crippen LogP contribution in [0, 0.1) is 0 Å². The highest BCUT2D eigenvalue weighted by Crippen LogP contribution is 2.44. The van der Waals surface area contributed by atoms with Gasteiger partial charge in [-0.1, -0.05) is 24.6 Å². The molecule has 1 atom stereocenters. The van der Waals surface area contributed by atoms with Crippen molar-refractivity contribution in [2.75, 3.05) is 23.5 Å². The SMILES string of the molecule is CCOc1cccc(N2C(=O)NC(=O)/C(=C\c3cc4c(cc3Cl)N(C)C(C)(C)C[C@@H]4C)C2=O)c1. The second-order valence-corrected chi connectivity index (χ2v) is 9.70. The molecule has 1 fully saturated rings. The van der Waals surface area contributed by atoms with Crippen molar-refractivity contribution in [3.05, 3.63) is 58.1 Å². The third-order valence-corrected chi connectivity index (χ3v) is 6.87. The van der Waals surface area contributed by atoms with Crippen LogP contribution in [0.3, 0.4) is 0 Å². The molecule has 7 nitrogen and oxygen atoms in total. The normalized spacial score (nSPS) is 20.9. The molecule has 2 aromatic rings. The maximum Gasteiger partial charge on any atom is 0.335 e. The lowest BCUT2D eigenvalue weighted by atomic mass is 9.80. The van der Waals surface area contributed by atoms with Crippen LogP contribution in [0.25, 0.3) is 6.08 Å². The minimum Gasteiger partial charge on any atom is -0.494 e. The zero-order valence-electron chi connectivity index (χ0n) is 19.9. The molecule has 0 saturated carbocycles. The van der Waals surface area contributed by atoms with Gasteiger partial charge in [0.2, 0.25) is 0 Å². The van der Waals surface area contributed by atoms with E-state index in [9.17, 15) is 14.4 Å². The van der Waals surface area contributed by atoms with Crippen molar-refractivity contribution in [3.8, 4) is 5.75 Å². The number of hydrogen-bond donors (Lipinski definition) is 1. The average molecular weight is 482 g/mol. The van der Waals surface area contributed by atoms with Crippen LogP contribution in [-0.2, 0) is 9.59 Å². The molecule has 0 spiro atoms. The van der Waals surface area contributed by atoms with Crippen molar-refractivity contribution in [2.45, 2.75) is 45.6 Å². The van der Waals surface area contributed by atoms with E-state index in [1.165, 1.54) is 6.08 Å². The van der Waals surface area contributed by atoms with Gasteiger partial charge in [-0.25, -0.2) is 9.69 Å². The molecule has 0 aromatic heterocycles. The number of anilines is 2. The van der Waals surface area contributed by atoms with Gasteiger partial charge in [0.25, 0.3) is 11.8 Å². The topological polar surface area (TPSA) is 79.0 Å². The van der Waals surface area contributed by atoms with E-state index in [0.29, 0.717) is 28.6 Å². The van der Waals surface area contributed by atoms with Crippen molar-refractivity contribution in [1.82, 2.24) is 5.32 Å². The van der Waals surface area contributed by atoms with E-state index in [2.05, 4.69) is 31.0 Å². The van der Waals surface area contributed by atoms with E-state index in [1.807, 2.05) is 26.1 Å². The van der Waals surface area contributed by atoms with Crippen LogP contribution in [0.15, 0.2) is 42.0 Å². The molecule has 0 bridgehead atoms. The van der Waals surface area contributed by atoms with Gasteiger partial charge < -0.3 is 9.64 Å². The van der Waals surface area contributed by atoms with Crippen LogP contribution < -0.4 is 19.9 Å². The maximum atomic E-state index is 13.3. The zero-order chi connectivity index (χ0) is 24.8. The molecule has 1 N–H and O–H groups in total. The fourth-order valence-electron chi connectivity index (χ4n) is 4.64. The Morgan fingerprint density at radius 1 is 1.21 bits per heavy atom. The number of benzene rings is 2. The van der Waals surface area contributed by atoms with Crippen molar-refractivity contribution in [1.29, 1.82) is 0 Å². The highest BCUT2D eigenvalue weighted by Gasteiger charge is 2.38. The van der Waals surface area contributed by atoms with Gasteiger partial charge in [-0.15, -0.1) is 0 Å². The number of carbonyl (C=O) groups excluding carboxylic acids is 3. The molecule has 1 saturated heterocycles. The maximum absolute atomic E-state index is 13.3. The quantitative estimate of drug-likeness (QED) is 0.484. The van der Waals surface area contributed by atoms with Crippen LogP contribution in [0.5, 0.6) is 5.75 Å². The third-order valence-electron chi connectivity index (χ3n) is 6.54. The number of rotatable bonds is 4. The predicted octanol–water partition coefficient (Wildman–Crippen LogP) is 5.13. The molecule has 0 aliphatic carbocycles. The fourth-order valence-corrected chi connectivity index (χ4v) is 4.85. The monoisotopic (exact) mass is 481 g/mol. The number of hydrogen-bond acceptors (Lipinski definition) is 5. The summed E-state index contributed by atoms with van der Waals surface area (Å²) in [4.78, 5) is 41.6. The van der Waals surface area contributed by atoms with Crippen molar-refractivity contribution >= 4 is 46.9 Å².